The summed E-state index contributed by atoms with van der Waals surface area (Å²) in [6, 6.07) is 3.31. The monoisotopic (exact) mass is 238 g/mol. The van der Waals surface area contributed by atoms with Gasteiger partial charge in [-0.15, -0.1) is 0 Å². The van der Waals surface area contributed by atoms with E-state index in [1.807, 2.05) is 6.92 Å². The number of aromatic nitrogens is 1. The standard InChI is InChI=1S/C11H18N4O2/c1-2-17-7-3-6-13-11(16)9-4-5-10(15-12)14-8-9/h4-5,8H,2-3,6-7,12H2,1H3,(H,13,16)(H,14,15). The Hall–Kier alpha value is -1.66. The maximum absolute atomic E-state index is 11.6. The number of hydrazine groups is 1. The van der Waals surface area contributed by atoms with Crippen molar-refractivity contribution in [1.82, 2.24) is 10.3 Å². The predicted molar refractivity (Wildman–Crippen MR) is 65.5 cm³/mol. The van der Waals surface area contributed by atoms with Crippen LogP contribution in [0.25, 0.3) is 0 Å². The van der Waals surface area contributed by atoms with E-state index in [2.05, 4.69) is 15.7 Å². The molecule has 0 fully saturated rings. The molecule has 0 bridgehead atoms. The molecule has 0 aliphatic heterocycles. The second-order valence-electron chi connectivity index (χ2n) is 3.38. The van der Waals surface area contributed by atoms with Crippen molar-refractivity contribution < 1.29 is 9.53 Å². The Bertz CT molecular complexity index is 340. The molecule has 0 aliphatic rings. The summed E-state index contributed by atoms with van der Waals surface area (Å²) in [5.74, 6) is 5.56. The number of hydrogen-bond acceptors (Lipinski definition) is 5. The van der Waals surface area contributed by atoms with Gasteiger partial charge in [0.05, 0.1) is 5.56 Å². The van der Waals surface area contributed by atoms with Crippen LogP contribution in [0.1, 0.15) is 23.7 Å². The summed E-state index contributed by atoms with van der Waals surface area (Å²) in [5, 5.41) is 2.78. The van der Waals surface area contributed by atoms with E-state index < -0.39 is 0 Å². The number of anilines is 1. The summed E-state index contributed by atoms with van der Waals surface area (Å²) in [5.41, 5.74) is 2.91. The lowest BCUT2D eigenvalue weighted by atomic mass is 10.2. The smallest absolute Gasteiger partial charge is 0.252 e. The van der Waals surface area contributed by atoms with E-state index in [1.165, 1.54) is 6.20 Å². The van der Waals surface area contributed by atoms with Gasteiger partial charge in [0.2, 0.25) is 0 Å². The molecule has 1 heterocycles. The molecule has 1 aromatic rings. The first kappa shape index (κ1) is 13.4. The van der Waals surface area contributed by atoms with Gasteiger partial charge in [-0.3, -0.25) is 4.79 Å². The molecule has 1 aromatic heterocycles. The molecule has 6 nitrogen and oxygen atoms in total. The van der Waals surface area contributed by atoms with E-state index in [0.29, 0.717) is 31.1 Å². The fraction of sp³-hybridized carbons (Fsp3) is 0.455. The number of nitrogens with zero attached hydrogens (tertiary/aromatic N) is 1. The van der Waals surface area contributed by atoms with Crippen LogP contribution < -0.4 is 16.6 Å². The van der Waals surface area contributed by atoms with Gasteiger partial charge in [-0.2, -0.15) is 0 Å². The molecule has 4 N–H and O–H groups in total. The highest BCUT2D eigenvalue weighted by molar-refractivity contribution is 5.93. The summed E-state index contributed by atoms with van der Waals surface area (Å²) >= 11 is 0. The van der Waals surface area contributed by atoms with E-state index in [4.69, 9.17) is 10.6 Å². The Morgan fingerprint density at radius 1 is 1.53 bits per heavy atom. The minimum atomic E-state index is -0.141. The number of nitrogen functional groups attached to an aromatic ring is 1. The fourth-order valence-corrected chi connectivity index (χ4v) is 1.24. The number of amides is 1. The van der Waals surface area contributed by atoms with Gasteiger partial charge in [-0.1, -0.05) is 0 Å². The molecule has 0 atom stereocenters. The van der Waals surface area contributed by atoms with Crippen molar-refractivity contribution >= 4 is 11.7 Å². The van der Waals surface area contributed by atoms with Crippen molar-refractivity contribution in [3.8, 4) is 0 Å². The Balaban J connectivity index is 2.31. The molecule has 0 spiro atoms. The predicted octanol–water partition coefficient (Wildman–Crippen LogP) is 0.524. The number of pyridine rings is 1. The van der Waals surface area contributed by atoms with Crippen molar-refractivity contribution in [1.29, 1.82) is 0 Å². The highest BCUT2D eigenvalue weighted by atomic mass is 16.5. The lowest BCUT2D eigenvalue weighted by molar-refractivity contribution is 0.0944. The van der Waals surface area contributed by atoms with E-state index in [0.717, 1.165) is 6.42 Å². The molecule has 0 unspecified atom stereocenters. The second kappa shape index (κ2) is 7.59. The third kappa shape index (κ3) is 4.80. The molecule has 17 heavy (non-hydrogen) atoms. The zero-order chi connectivity index (χ0) is 12.5. The SMILES string of the molecule is CCOCCCNC(=O)c1ccc(NN)nc1. The third-order valence-corrected chi connectivity index (χ3v) is 2.13. The largest absolute Gasteiger partial charge is 0.382 e. The van der Waals surface area contributed by atoms with Crippen molar-refractivity contribution in [2.75, 3.05) is 25.2 Å². The first-order valence-corrected chi connectivity index (χ1v) is 5.56. The molecule has 0 saturated carbocycles. The van der Waals surface area contributed by atoms with Crippen LogP contribution in [0.4, 0.5) is 5.82 Å². The summed E-state index contributed by atoms with van der Waals surface area (Å²) in [4.78, 5) is 15.6. The molecular formula is C11H18N4O2. The maximum Gasteiger partial charge on any atom is 0.252 e. The summed E-state index contributed by atoms with van der Waals surface area (Å²) in [7, 11) is 0. The summed E-state index contributed by atoms with van der Waals surface area (Å²) in [6.45, 7) is 3.89. The van der Waals surface area contributed by atoms with Crippen LogP contribution >= 0.6 is 0 Å². The van der Waals surface area contributed by atoms with Gasteiger partial charge in [0.15, 0.2) is 0 Å². The van der Waals surface area contributed by atoms with Crippen LogP contribution in [0.5, 0.6) is 0 Å². The number of ether oxygens (including phenoxy) is 1. The average molecular weight is 238 g/mol. The van der Waals surface area contributed by atoms with Gasteiger partial charge in [0, 0.05) is 26.0 Å². The lowest BCUT2D eigenvalue weighted by Crippen LogP contribution is -2.25. The number of nitrogens with two attached hydrogens (primary N) is 1. The summed E-state index contributed by atoms with van der Waals surface area (Å²) in [6.07, 6.45) is 2.28. The maximum atomic E-state index is 11.6. The zero-order valence-electron chi connectivity index (χ0n) is 9.90. The average Bonchev–Trinajstić information content (AvgIpc) is 2.38. The quantitative estimate of drug-likeness (QED) is 0.366. The molecule has 0 saturated heterocycles. The molecular weight excluding hydrogens is 220 g/mol. The fourth-order valence-electron chi connectivity index (χ4n) is 1.24. The topological polar surface area (TPSA) is 89.3 Å². The molecule has 0 aliphatic carbocycles. The summed E-state index contributed by atoms with van der Waals surface area (Å²) < 4.78 is 5.17. The minimum Gasteiger partial charge on any atom is -0.382 e. The normalized spacial score (nSPS) is 10.0. The molecule has 94 valence electrons. The van der Waals surface area contributed by atoms with Crippen molar-refractivity contribution in [3.05, 3.63) is 23.9 Å². The Morgan fingerprint density at radius 3 is 2.94 bits per heavy atom. The van der Waals surface area contributed by atoms with E-state index in [1.54, 1.807) is 12.1 Å². The van der Waals surface area contributed by atoms with Gasteiger partial charge < -0.3 is 15.5 Å². The number of carbonyl (C=O) groups excluding carboxylic acids is 1. The highest BCUT2D eigenvalue weighted by Crippen LogP contribution is 2.03. The van der Waals surface area contributed by atoms with Crippen molar-refractivity contribution in [3.63, 3.8) is 0 Å². The van der Waals surface area contributed by atoms with Gasteiger partial charge in [0.1, 0.15) is 5.82 Å². The number of rotatable bonds is 7. The van der Waals surface area contributed by atoms with Crippen LogP contribution in [0, 0.1) is 0 Å². The van der Waals surface area contributed by atoms with E-state index in [-0.39, 0.29) is 5.91 Å². The van der Waals surface area contributed by atoms with Gasteiger partial charge in [-0.05, 0) is 25.5 Å². The first-order chi connectivity index (χ1) is 8.27. The first-order valence-electron chi connectivity index (χ1n) is 5.56. The second-order valence-corrected chi connectivity index (χ2v) is 3.38. The Morgan fingerprint density at radius 2 is 2.35 bits per heavy atom. The van der Waals surface area contributed by atoms with Crippen LogP contribution in [-0.4, -0.2) is 30.6 Å². The molecule has 6 heteroatoms. The third-order valence-electron chi connectivity index (χ3n) is 2.13. The van der Waals surface area contributed by atoms with Gasteiger partial charge >= 0.3 is 0 Å². The lowest BCUT2D eigenvalue weighted by Gasteiger charge is -2.05. The van der Waals surface area contributed by atoms with Crippen LogP contribution in [0.15, 0.2) is 18.3 Å². The van der Waals surface area contributed by atoms with E-state index in [9.17, 15) is 4.79 Å². The van der Waals surface area contributed by atoms with Gasteiger partial charge in [-0.25, -0.2) is 10.8 Å². The number of carbonyl (C=O) groups is 1. The Kier molecular flexibility index (Phi) is 5.98. The van der Waals surface area contributed by atoms with Crippen molar-refractivity contribution in [2.45, 2.75) is 13.3 Å². The number of hydrogen-bond donors (Lipinski definition) is 3. The Labute approximate surface area is 101 Å². The van der Waals surface area contributed by atoms with Crippen molar-refractivity contribution in [2.24, 2.45) is 5.84 Å². The molecule has 0 radical (unpaired) electrons. The molecule has 1 amide bonds. The molecule has 1 rings (SSSR count). The molecule has 0 aromatic carbocycles. The van der Waals surface area contributed by atoms with E-state index >= 15 is 0 Å². The van der Waals surface area contributed by atoms with Crippen LogP contribution in [-0.2, 0) is 4.74 Å². The number of nitrogens with one attached hydrogen (secondary N) is 2. The van der Waals surface area contributed by atoms with Crippen LogP contribution in [0.3, 0.4) is 0 Å². The zero-order valence-corrected chi connectivity index (χ0v) is 9.90. The highest BCUT2D eigenvalue weighted by Gasteiger charge is 2.04. The minimum absolute atomic E-state index is 0.141. The van der Waals surface area contributed by atoms with Gasteiger partial charge in [0.25, 0.3) is 5.91 Å². The van der Waals surface area contributed by atoms with Crippen LogP contribution in [0.2, 0.25) is 0 Å².